The van der Waals surface area contributed by atoms with Crippen molar-refractivity contribution in [2.24, 2.45) is 29.1 Å². The second kappa shape index (κ2) is 10.9. The van der Waals surface area contributed by atoms with Gasteiger partial charge in [-0.25, -0.2) is 0 Å². The van der Waals surface area contributed by atoms with Crippen LogP contribution in [0.1, 0.15) is 88.5 Å². The zero-order valence-electron chi connectivity index (χ0n) is 32.8. The molecule has 272 valence electrons. The molecule has 2 spiro atoms. The zero-order chi connectivity index (χ0) is 36.9. The summed E-state index contributed by atoms with van der Waals surface area (Å²) >= 11 is 0. The van der Waals surface area contributed by atoms with E-state index in [1.807, 2.05) is 0 Å². The molecule has 0 heterocycles. The summed E-state index contributed by atoms with van der Waals surface area (Å²) in [7, 11) is 0. The molecule has 1 heteroatoms. The van der Waals surface area contributed by atoms with E-state index in [9.17, 15) is 0 Å². The topological polar surface area (TPSA) is 3.24 Å². The van der Waals surface area contributed by atoms with Gasteiger partial charge in [-0.1, -0.05) is 137 Å². The third kappa shape index (κ3) is 4.05. The number of benzene rings is 6. The molecule has 6 unspecified atom stereocenters. The Morgan fingerprint density at radius 1 is 0.491 bits per heavy atom. The molecule has 4 fully saturated rings. The molecule has 0 N–H and O–H groups in total. The lowest BCUT2D eigenvalue weighted by atomic mass is 9.27. The molecular weight excluding hydrogens is 663 g/mol. The van der Waals surface area contributed by atoms with E-state index in [-0.39, 0.29) is 16.2 Å². The average Bonchev–Trinajstić information content (AvgIpc) is 3.85. The van der Waals surface area contributed by atoms with E-state index in [0.717, 1.165) is 23.7 Å². The van der Waals surface area contributed by atoms with E-state index in [4.69, 9.17) is 0 Å². The van der Waals surface area contributed by atoms with Crippen LogP contribution in [-0.4, -0.2) is 0 Å². The number of hydrogen-bond acceptors (Lipinski definition) is 1. The Hall–Kier alpha value is -4.88. The maximum atomic E-state index is 2.61. The first-order chi connectivity index (χ1) is 26.7. The van der Waals surface area contributed by atoms with Crippen molar-refractivity contribution < 1.29 is 0 Å². The van der Waals surface area contributed by atoms with Gasteiger partial charge in [-0.15, -0.1) is 0 Å². The molecule has 6 aliphatic carbocycles. The van der Waals surface area contributed by atoms with Crippen molar-refractivity contribution in [2.75, 3.05) is 4.90 Å². The van der Waals surface area contributed by atoms with Gasteiger partial charge in [-0.3, -0.25) is 0 Å². The summed E-state index contributed by atoms with van der Waals surface area (Å²) < 4.78 is 0. The molecule has 0 saturated heterocycles. The third-order valence-corrected chi connectivity index (χ3v) is 16.4. The van der Waals surface area contributed by atoms with Gasteiger partial charge in [-0.05, 0) is 159 Å². The molecule has 4 saturated carbocycles. The average molecular weight is 714 g/mol. The molecule has 0 amide bonds. The largest absolute Gasteiger partial charge is 0.310 e. The Kier molecular flexibility index (Phi) is 6.42. The summed E-state index contributed by atoms with van der Waals surface area (Å²) in [5.74, 6) is 3.49. The summed E-state index contributed by atoms with van der Waals surface area (Å²) in [6.45, 7) is 9.79. The van der Waals surface area contributed by atoms with Crippen LogP contribution in [0.4, 0.5) is 17.1 Å². The third-order valence-electron chi connectivity index (χ3n) is 16.4. The minimum atomic E-state index is 0.108. The first-order valence-electron chi connectivity index (χ1n) is 21.2. The van der Waals surface area contributed by atoms with Gasteiger partial charge in [0.2, 0.25) is 0 Å². The van der Waals surface area contributed by atoms with Crippen molar-refractivity contribution in [3.63, 3.8) is 0 Å². The summed E-state index contributed by atoms with van der Waals surface area (Å²) in [5, 5.41) is 0. The van der Waals surface area contributed by atoms with Crippen molar-refractivity contribution in [1.82, 2.24) is 0 Å². The van der Waals surface area contributed by atoms with E-state index in [1.54, 1.807) is 11.1 Å². The van der Waals surface area contributed by atoms with Gasteiger partial charge < -0.3 is 4.90 Å². The Bertz CT molecular complexity index is 2530. The minimum absolute atomic E-state index is 0.108. The maximum absolute atomic E-state index is 2.61. The highest BCUT2D eigenvalue weighted by molar-refractivity contribution is 6.02. The lowest BCUT2D eigenvalue weighted by molar-refractivity contribution is -0.231. The molecule has 0 aromatic heterocycles. The first-order valence-corrected chi connectivity index (χ1v) is 21.2. The second-order valence-corrected chi connectivity index (χ2v) is 19.6. The SMILES string of the molecule is CC1(C)CCC(C)(C)c2cc(N(c3ccc(-c4ccccc4)cc3)c3ccc4c(c3-c3ccccc3)-c3ccccc3C43C4CC5CC6CC3C64C5)ccc21. The van der Waals surface area contributed by atoms with Gasteiger partial charge in [0, 0.05) is 22.4 Å². The molecule has 12 rings (SSSR count). The van der Waals surface area contributed by atoms with Crippen LogP contribution in [0.25, 0.3) is 33.4 Å². The van der Waals surface area contributed by atoms with Gasteiger partial charge in [0.15, 0.2) is 0 Å². The van der Waals surface area contributed by atoms with Crippen molar-refractivity contribution in [3.05, 3.63) is 162 Å². The van der Waals surface area contributed by atoms with E-state index in [1.165, 1.54) is 100 Å². The Balaban J connectivity index is 1.12. The monoisotopic (exact) mass is 713 g/mol. The number of hydrogen-bond donors (Lipinski definition) is 0. The fourth-order valence-corrected chi connectivity index (χ4v) is 14.1. The Morgan fingerprint density at radius 3 is 1.85 bits per heavy atom. The van der Waals surface area contributed by atoms with Crippen LogP contribution in [0.2, 0.25) is 0 Å². The molecular formula is C54H51N. The van der Waals surface area contributed by atoms with Crippen LogP contribution in [-0.2, 0) is 16.2 Å². The van der Waals surface area contributed by atoms with E-state index in [2.05, 4.69) is 172 Å². The van der Waals surface area contributed by atoms with Gasteiger partial charge in [0.1, 0.15) is 0 Å². The summed E-state index contributed by atoms with van der Waals surface area (Å²) in [6.07, 6.45) is 8.24. The van der Waals surface area contributed by atoms with Crippen LogP contribution in [0.15, 0.2) is 140 Å². The molecule has 6 aromatic rings. The van der Waals surface area contributed by atoms with Gasteiger partial charge in [-0.2, -0.15) is 0 Å². The smallest absolute Gasteiger partial charge is 0.0546 e. The van der Waals surface area contributed by atoms with Crippen LogP contribution >= 0.6 is 0 Å². The molecule has 55 heavy (non-hydrogen) atoms. The number of fused-ring (bicyclic) bond motifs is 9. The van der Waals surface area contributed by atoms with Crippen LogP contribution in [0.5, 0.6) is 0 Å². The quantitative estimate of drug-likeness (QED) is 0.172. The first kappa shape index (κ1) is 32.4. The van der Waals surface area contributed by atoms with E-state index >= 15 is 0 Å². The van der Waals surface area contributed by atoms with Gasteiger partial charge in [0.05, 0.1) is 5.69 Å². The lowest BCUT2D eigenvalue weighted by Crippen LogP contribution is -2.73. The van der Waals surface area contributed by atoms with Crippen LogP contribution in [0, 0.1) is 29.1 Å². The predicted octanol–water partition coefficient (Wildman–Crippen LogP) is 14.2. The van der Waals surface area contributed by atoms with Crippen molar-refractivity contribution in [3.8, 4) is 33.4 Å². The van der Waals surface area contributed by atoms with Crippen molar-refractivity contribution in [2.45, 2.75) is 82.5 Å². The maximum Gasteiger partial charge on any atom is 0.0546 e. The van der Waals surface area contributed by atoms with Gasteiger partial charge >= 0.3 is 0 Å². The minimum Gasteiger partial charge on any atom is -0.310 e. The van der Waals surface area contributed by atoms with Crippen LogP contribution < -0.4 is 4.90 Å². The van der Waals surface area contributed by atoms with Gasteiger partial charge in [0.25, 0.3) is 0 Å². The Morgan fingerprint density at radius 2 is 1.11 bits per heavy atom. The highest BCUT2D eigenvalue weighted by Crippen LogP contribution is 2.90. The Labute approximate surface area is 327 Å². The number of anilines is 3. The normalized spacial score (nSPS) is 29.1. The molecule has 1 nitrogen and oxygen atoms in total. The number of nitrogens with zero attached hydrogens (tertiary/aromatic N) is 1. The van der Waals surface area contributed by atoms with Crippen molar-refractivity contribution in [1.29, 1.82) is 0 Å². The standard InChI is InChI=1S/C54H51N/c1-51(2)27-28-52(3,4)45-32-40(23-24-43(45)51)55(39-21-19-36(20-22-39)35-13-7-5-8-14-35)46-26-25-44-50(49(46)37-15-9-6-10-16-37)41-17-11-12-18-42(41)54(44)47-30-34-29-38-31-48(54)53(38,47)33-34/h5-26,32,34,38,47-48H,27-31,33H2,1-4H3. The summed E-state index contributed by atoms with van der Waals surface area (Å²) in [4.78, 5) is 2.60. The predicted molar refractivity (Wildman–Crippen MR) is 228 cm³/mol. The summed E-state index contributed by atoms with van der Waals surface area (Å²) in [5.41, 5.74) is 19.1. The molecule has 0 radical (unpaired) electrons. The molecule has 0 aliphatic heterocycles. The zero-order valence-corrected chi connectivity index (χ0v) is 32.8. The molecule has 6 aliphatic rings. The molecule has 2 bridgehead atoms. The lowest BCUT2D eigenvalue weighted by Gasteiger charge is -2.76. The summed E-state index contributed by atoms with van der Waals surface area (Å²) in [6, 6.07) is 53.7. The molecule has 6 aromatic carbocycles. The second-order valence-electron chi connectivity index (χ2n) is 19.6. The fourth-order valence-electron chi connectivity index (χ4n) is 14.1. The van der Waals surface area contributed by atoms with Crippen LogP contribution in [0.3, 0.4) is 0 Å². The van der Waals surface area contributed by atoms with Crippen molar-refractivity contribution >= 4 is 17.1 Å². The number of rotatable bonds is 5. The molecule has 6 atom stereocenters. The highest BCUT2D eigenvalue weighted by Gasteiger charge is 2.84. The fraction of sp³-hybridized carbons (Fsp3) is 0.333. The highest BCUT2D eigenvalue weighted by atomic mass is 15.1. The van der Waals surface area contributed by atoms with E-state index in [0.29, 0.717) is 5.41 Å². The van der Waals surface area contributed by atoms with E-state index < -0.39 is 0 Å².